The first kappa shape index (κ1) is 31.3. The lowest BCUT2D eigenvalue weighted by Crippen LogP contribution is -2.58. The summed E-state index contributed by atoms with van der Waals surface area (Å²) in [7, 11) is 1.58. The van der Waals surface area contributed by atoms with E-state index in [9.17, 15) is 19.5 Å². The minimum Gasteiger partial charge on any atom is -0.497 e. The number of aliphatic hydroxyl groups is 1. The van der Waals surface area contributed by atoms with Crippen LogP contribution in [-0.2, 0) is 14.4 Å². The molecular formula is C33H38BrN3O5S. The molecule has 1 N–H and O–H groups in total. The first-order valence-electron chi connectivity index (χ1n) is 14.6. The number of rotatable bonds is 12. The van der Waals surface area contributed by atoms with Crippen LogP contribution in [0.5, 0.6) is 5.75 Å². The van der Waals surface area contributed by atoms with Gasteiger partial charge in [0.25, 0.3) is 5.91 Å². The van der Waals surface area contributed by atoms with Gasteiger partial charge in [0, 0.05) is 34.5 Å². The molecule has 8 nitrogen and oxygen atoms in total. The van der Waals surface area contributed by atoms with Crippen molar-refractivity contribution in [1.29, 1.82) is 0 Å². The molecule has 2 aromatic rings. The molecule has 2 aromatic carbocycles. The number of hydrogen-bond acceptors (Lipinski definition) is 6. The number of anilines is 2. The first-order chi connectivity index (χ1) is 20.8. The van der Waals surface area contributed by atoms with Crippen molar-refractivity contribution in [2.45, 2.75) is 46.7 Å². The fourth-order valence-corrected chi connectivity index (χ4v) is 10.6. The van der Waals surface area contributed by atoms with Gasteiger partial charge >= 0.3 is 0 Å². The lowest BCUT2D eigenvalue weighted by Gasteiger charge is -2.40. The van der Waals surface area contributed by atoms with Gasteiger partial charge in [-0.15, -0.1) is 24.9 Å². The minimum absolute atomic E-state index is 0.0739. The maximum atomic E-state index is 14.8. The van der Waals surface area contributed by atoms with Crippen LogP contribution < -0.4 is 14.5 Å². The molecule has 0 aromatic heterocycles. The van der Waals surface area contributed by atoms with Crippen LogP contribution in [0.15, 0.2) is 79.9 Å². The van der Waals surface area contributed by atoms with Gasteiger partial charge in [0.1, 0.15) is 11.8 Å². The Bertz CT molecular complexity index is 1370. The first-order valence-corrected chi connectivity index (χ1v) is 16.4. The van der Waals surface area contributed by atoms with Gasteiger partial charge in [-0.25, -0.2) is 0 Å². The monoisotopic (exact) mass is 667 g/mol. The summed E-state index contributed by atoms with van der Waals surface area (Å²) in [5.74, 6) is -1.35. The molecule has 2 bridgehead atoms. The van der Waals surface area contributed by atoms with Crippen molar-refractivity contribution in [3.8, 4) is 5.75 Å². The summed E-state index contributed by atoms with van der Waals surface area (Å²) in [5, 5.41) is 10.2. The second-order valence-corrected chi connectivity index (χ2v) is 13.9. The molecule has 0 aliphatic carbocycles. The Morgan fingerprint density at radius 2 is 1.70 bits per heavy atom. The predicted octanol–water partition coefficient (Wildman–Crippen LogP) is 4.67. The third kappa shape index (κ3) is 5.21. The summed E-state index contributed by atoms with van der Waals surface area (Å²) in [4.78, 5) is 48.7. The van der Waals surface area contributed by atoms with Crippen LogP contribution in [0.25, 0.3) is 0 Å². The van der Waals surface area contributed by atoms with E-state index in [1.165, 1.54) is 0 Å². The van der Waals surface area contributed by atoms with Gasteiger partial charge in [-0.05, 0) is 49.2 Å². The molecule has 3 fully saturated rings. The average Bonchev–Trinajstić information content (AvgIpc) is 3.62. The Morgan fingerprint density at radius 3 is 2.26 bits per heavy atom. The summed E-state index contributed by atoms with van der Waals surface area (Å²) < 4.78 is 4.47. The zero-order valence-corrected chi connectivity index (χ0v) is 26.9. The number of carbonyl (C=O) groups excluding carboxylic acids is 3. The van der Waals surface area contributed by atoms with Gasteiger partial charge < -0.3 is 24.5 Å². The molecular weight excluding hydrogens is 630 g/mol. The SMILES string of the molecule is C=CCN(C(=O)C1N([C@@H](CC)CO)C(=O)[C@@H]2[C@@H](C(=O)N(CC=C)c3ccccc3)[C@@H]3SC12CC3Br)c1ccc(OC)cc1. The Kier molecular flexibility index (Phi) is 9.39. The van der Waals surface area contributed by atoms with Crippen molar-refractivity contribution in [2.75, 3.05) is 36.6 Å². The van der Waals surface area contributed by atoms with E-state index >= 15 is 0 Å². The largest absolute Gasteiger partial charge is 0.497 e. The summed E-state index contributed by atoms with van der Waals surface area (Å²) in [5.41, 5.74) is 1.38. The van der Waals surface area contributed by atoms with Crippen LogP contribution in [-0.4, -0.2) is 81.4 Å². The van der Waals surface area contributed by atoms with Crippen molar-refractivity contribution in [1.82, 2.24) is 4.90 Å². The van der Waals surface area contributed by atoms with Gasteiger partial charge in [-0.3, -0.25) is 14.4 Å². The molecule has 3 unspecified atom stereocenters. The molecule has 1 spiro atoms. The van der Waals surface area contributed by atoms with E-state index in [1.54, 1.807) is 57.9 Å². The third-order valence-electron chi connectivity index (χ3n) is 8.93. The quantitative estimate of drug-likeness (QED) is 0.261. The number of aliphatic hydroxyl groups excluding tert-OH is 1. The van der Waals surface area contributed by atoms with E-state index in [1.807, 2.05) is 49.4 Å². The summed E-state index contributed by atoms with van der Waals surface area (Å²) in [6, 6.07) is 15.2. The van der Waals surface area contributed by atoms with E-state index in [-0.39, 0.29) is 41.0 Å². The van der Waals surface area contributed by atoms with Gasteiger partial charge in [0.05, 0.1) is 36.3 Å². The molecule has 0 radical (unpaired) electrons. The second-order valence-electron chi connectivity index (χ2n) is 11.2. The molecule has 0 saturated carbocycles. The van der Waals surface area contributed by atoms with E-state index < -0.39 is 28.7 Å². The zero-order valence-electron chi connectivity index (χ0n) is 24.5. The molecule has 3 amide bonds. The number of hydrogen-bond donors (Lipinski definition) is 1. The lowest BCUT2D eigenvalue weighted by atomic mass is 9.70. The number of fused-ring (bicyclic) bond motifs is 1. The molecule has 3 aliphatic rings. The summed E-state index contributed by atoms with van der Waals surface area (Å²) in [6.45, 7) is 9.90. The Hall–Kier alpha value is -3.08. The molecule has 10 heteroatoms. The summed E-state index contributed by atoms with van der Waals surface area (Å²) >= 11 is 5.44. The zero-order chi connectivity index (χ0) is 30.9. The van der Waals surface area contributed by atoms with Crippen LogP contribution >= 0.6 is 27.7 Å². The number of alkyl halides is 1. The lowest BCUT2D eigenvalue weighted by molar-refractivity contribution is -0.141. The van der Waals surface area contributed by atoms with Crippen molar-refractivity contribution in [2.24, 2.45) is 11.8 Å². The van der Waals surface area contributed by atoms with Crippen LogP contribution in [0, 0.1) is 11.8 Å². The molecule has 3 heterocycles. The van der Waals surface area contributed by atoms with Gasteiger partial charge in [0.2, 0.25) is 11.8 Å². The third-order valence-corrected chi connectivity index (χ3v) is 12.1. The number of amides is 3. The fourth-order valence-electron chi connectivity index (χ4n) is 7.04. The predicted molar refractivity (Wildman–Crippen MR) is 175 cm³/mol. The Balaban J connectivity index is 1.61. The highest BCUT2D eigenvalue weighted by atomic mass is 79.9. The Morgan fingerprint density at radius 1 is 1.09 bits per heavy atom. The van der Waals surface area contributed by atoms with Crippen molar-refractivity contribution >= 4 is 56.8 Å². The standard InChI is InChI=1S/C33H38BrN3O5S/c1-5-17-35(22-11-9-8-10-12-22)30(39)26-27-31(40)37(21(7-3)20-38)29(33(27)19-25(34)28(26)43-33)32(41)36(18-6-2)23-13-15-24(42-4)16-14-23/h5-6,8-16,21,25-29,38H,1-2,7,17-20H2,3-4H3/t21-,25?,26+,27-,28+,29?,33?/m0/s1. The van der Waals surface area contributed by atoms with Gasteiger partial charge in [-0.1, -0.05) is 53.2 Å². The fraction of sp³-hybridized carbons (Fsp3) is 0.424. The number of thioether (sulfide) groups is 1. The molecule has 43 heavy (non-hydrogen) atoms. The number of nitrogens with zero attached hydrogens (tertiary/aromatic N) is 3. The number of halogens is 1. The van der Waals surface area contributed by atoms with Gasteiger partial charge in [-0.2, -0.15) is 0 Å². The smallest absolute Gasteiger partial charge is 0.251 e. The molecule has 3 saturated heterocycles. The van der Waals surface area contributed by atoms with E-state index in [2.05, 4.69) is 29.1 Å². The number of likely N-dealkylation sites (tertiary alicyclic amines) is 1. The van der Waals surface area contributed by atoms with Gasteiger partial charge in [0.15, 0.2) is 0 Å². The van der Waals surface area contributed by atoms with Crippen LogP contribution in [0.4, 0.5) is 11.4 Å². The maximum absolute atomic E-state index is 14.8. The molecule has 3 aliphatic heterocycles. The highest BCUT2D eigenvalue weighted by Gasteiger charge is 2.76. The van der Waals surface area contributed by atoms with Crippen LogP contribution in [0.2, 0.25) is 0 Å². The van der Waals surface area contributed by atoms with E-state index in [0.717, 1.165) is 5.69 Å². The number of para-hydroxylation sites is 1. The van der Waals surface area contributed by atoms with E-state index in [4.69, 9.17) is 4.74 Å². The molecule has 7 atom stereocenters. The second kappa shape index (κ2) is 12.9. The number of ether oxygens (including phenoxy) is 1. The number of benzene rings is 2. The van der Waals surface area contributed by atoms with E-state index in [0.29, 0.717) is 30.8 Å². The molecule has 228 valence electrons. The Labute approximate surface area is 265 Å². The highest BCUT2D eigenvalue weighted by Crippen LogP contribution is 2.68. The number of carbonyl (C=O) groups is 3. The molecule has 5 rings (SSSR count). The van der Waals surface area contributed by atoms with Crippen molar-refractivity contribution < 1.29 is 24.2 Å². The highest BCUT2D eigenvalue weighted by molar-refractivity contribution is 9.09. The summed E-state index contributed by atoms with van der Waals surface area (Å²) in [6.07, 6.45) is 4.36. The average molecular weight is 669 g/mol. The maximum Gasteiger partial charge on any atom is 0.251 e. The number of methoxy groups -OCH3 is 1. The topological polar surface area (TPSA) is 90.4 Å². The van der Waals surface area contributed by atoms with Crippen LogP contribution in [0.3, 0.4) is 0 Å². The minimum atomic E-state index is -0.874. The van der Waals surface area contributed by atoms with Crippen molar-refractivity contribution in [3.05, 3.63) is 79.9 Å². The van der Waals surface area contributed by atoms with Crippen molar-refractivity contribution in [3.63, 3.8) is 0 Å². The normalized spacial score (nSPS) is 27.9. The van der Waals surface area contributed by atoms with Crippen LogP contribution in [0.1, 0.15) is 19.8 Å².